The molecular formula is C14H18N4O5. The molecule has 1 aliphatic rings. The molecule has 1 heterocycles. The monoisotopic (exact) mass is 322 g/mol. The normalized spacial score (nSPS) is 16.5. The summed E-state index contributed by atoms with van der Waals surface area (Å²) in [7, 11) is 0. The number of aliphatic carboxylic acids is 1. The van der Waals surface area contributed by atoms with Crippen LogP contribution in [0.2, 0.25) is 0 Å². The summed E-state index contributed by atoms with van der Waals surface area (Å²) in [5.74, 6) is -1.54. The Labute approximate surface area is 132 Å². The van der Waals surface area contributed by atoms with Gasteiger partial charge in [-0.1, -0.05) is 6.07 Å². The van der Waals surface area contributed by atoms with Gasteiger partial charge in [0, 0.05) is 44.0 Å². The first-order valence-corrected chi connectivity index (χ1v) is 7.19. The van der Waals surface area contributed by atoms with Crippen LogP contribution in [0.5, 0.6) is 0 Å². The number of carbonyl (C=O) groups excluding carboxylic acids is 1. The maximum atomic E-state index is 12.1. The Kier molecular flexibility index (Phi) is 5.61. The van der Waals surface area contributed by atoms with Crippen molar-refractivity contribution >= 4 is 23.3 Å². The third-order valence-electron chi connectivity index (χ3n) is 3.60. The van der Waals surface area contributed by atoms with Crippen molar-refractivity contribution in [3.8, 4) is 0 Å². The number of nitro benzene ring substituents is 1. The quantitative estimate of drug-likeness (QED) is 0.507. The molecule has 1 atom stereocenters. The van der Waals surface area contributed by atoms with Crippen molar-refractivity contribution in [2.45, 2.75) is 12.5 Å². The number of amides is 1. The zero-order valence-electron chi connectivity index (χ0n) is 12.4. The summed E-state index contributed by atoms with van der Waals surface area (Å²) >= 11 is 0. The summed E-state index contributed by atoms with van der Waals surface area (Å²) in [5, 5.41) is 25.7. The number of nitrogens with zero attached hydrogens (tertiary/aromatic N) is 2. The fourth-order valence-electron chi connectivity index (χ4n) is 2.45. The van der Waals surface area contributed by atoms with Crippen LogP contribution in [0.25, 0.3) is 0 Å². The van der Waals surface area contributed by atoms with E-state index >= 15 is 0 Å². The highest BCUT2D eigenvalue weighted by atomic mass is 16.6. The van der Waals surface area contributed by atoms with Gasteiger partial charge in [-0.2, -0.15) is 0 Å². The smallest absolute Gasteiger partial charge is 0.321 e. The van der Waals surface area contributed by atoms with Gasteiger partial charge in [0.1, 0.15) is 6.04 Å². The van der Waals surface area contributed by atoms with Gasteiger partial charge in [0.25, 0.3) is 5.69 Å². The van der Waals surface area contributed by atoms with Gasteiger partial charge in [0.05, 0.1) is 11.3 Å². The lowest BCUT2D eigenvalue weighted by molar-refractivity contribution is -0.384. The van der Waals surface area contributed by atoms with Crippen LogP contribution in [0.15, 0.2) is 24.3 Å². The van der Waals surface area contributed by atoms with Crippen LogP contribution < -0.4 is 10.6 Å². The molecule has 1 aromatic rings. The molecule has 0 bridgehead atoms. The summed E-state index contributed by atoms with van der Waals surface area (Å²) < 4.78 is 0. The highest BCUT2D eigenvalue weighted by Crippen LogP contribution is 2.17. The number of non-ortho nitro benzene ring substituents is 1. The molecule has 0 saturated carbocycles. The average Bonchev–Trinajstić information content (AvgIpc) is 2.53. The fourth-order valence-corrected chi connectivity index (χ4v) is 2.45. The minimum Gasteiger partial charge on any atom is -0.480 e. The van der Waals surface area contributed by atoms with E-state index in [1.807, 2.05) is 0 Å². The van der Waals surface area contributed by atoms with Crippen molar-refractivity contribution in [1.82, 2.24) is 10.2 Å². The van der Waals surface area contributed by atoms with Crippen molar-refractivity contribution in [3.63, 3.8) is 0 Å². The highest BCUT2D eigenvalue weighted by Gasteiger charge is 2.29. The first-order valence-electron chi connectivity index (χ1n) is 7.19. The Morgan fingerprint density at radius 3 is 2.70 bits per heavy atom. The molecule has 9 nitrogen and oxygen atoms in total. The number of benzene rings is 1. The second-order valence-electron chi connectivity index (χ2n) is 5.20. The van der Waals surface area contributed by atoms with Crippen molar-refractivity contribution in [3.05, 3.63) is 34.4 Å². The van der Waals surface area contributed by atoms with E-state index in [1.54, 1.807) is 4.90 Å². The van der Waals surface area contributed by atoms with Crippen LogP contribution in [0.4, 0.5) is 11.4 Å². The molecule has 1 aromatic carbocycles. The largest absolute Gasteiger partial charge is 0.480 e. The zero-order valence-corrected chi connectivity index (χ0v) is 12.4. The standard InChI is InChI=1S/C14H18N4O5/c19-13(16-10-2-1-3-11(8-10)18(22)23)9-12(14(20)21)17-6-4-15-5-7-17/h1-3,8,12,15H,4-7,9H2,(H,16,19)(H,20,21)/t12-/m1/s1. The fraction of sp³-hybridized carbons (Fsp3) is 0.429. The van der Waals surface area contributed by atoms with E-state index in [9.17, 15) is 24.8 Å². The van der Waals surface area contributed by atoms with Crippen LogP contribution in [0.1, 0.15) is 6.42 Å². The van der Waals surface area contributed by atoms with Gasteiger partial charge in [-0.25, -0.2) is 0 Å². The van der Waals surface area contributed by atoms with Crippen LogP contribution in [0.3, 0.4) is 0 Å². The highest BCUT2D eigenvalue weighted by molar-refractivity contribution is 5.94. The SMILES string of the molecule is O=C(C[C@H](C(=O)O)N1CCNCC1)Nc1cccc([N+](=O)[O-])c1. The van der Waals surface area contributed by atoms with E-state index < -0.39 is 22.8 Å². The molecule has 0 radical (unpaired) electrons. The molecular weight excluding hydrogens is 304 g/mol. The van der Waals surface area contributed by atoms with E-state index in [-0.39, 0.29) is 17.8 Å². The molecule has 0 aromatic heterocycles. The third-order valence-corrected chi connectivity index (χ3v) is 3.60. The van der Waals surface area contributed by atoms with Gasteiger partial charge in [-0.3, -0.25) is 24.6 Å². The summed E-state index contributed by atoms with van der Waals surface area (Å²) in [4.78, 5) is 35.4. The van der Waals surface area contributed by atoms with Gasteiger partial charge in [0.2, 0.25) is 5.91 Å². The average molecular weight is 322 g/mol. The Balaban J connectivity index is 2.00. The van der Waals surface area contributed by atoms with E-state index in [1.165, 1.54) is 24.3 Å². The second-order valence-corrected chi connectivity index (χ2v) is 5.20. The van der Waals surface area contributed by atoms with Crippen LogP contribution >= 0.6 is 0 Å². The lowest BCUT2D eigenvalue weighted by Crippen LogP contribution is -2.52. The predicted molar refractivity (Wildman–Crippen MR) is 82.2 cm³/mol. The van der Waals surface area contributed by atoms with Gasteiger partial charge < -0.3 is 15.7 Å². The minimum absolute atomic E-state index is 0.139. The molecule has 3 N–H and O–H groups in total. The number of carboxylic acids is 1. The molecule has 23 heavy (non-hydrogen) atoms. The molecule has 1 amide bonds. The molecule has 1 saturated heterocycles. The molecule has 0 spiro atoms. The molecule has 9 heteroatoms. The maximum Gasteiger partial charge on any atom is 0.321 e. The predicted octanol–water partition coefficient (Wildman–Crippen LogP) is 0.282. The number of carboxylic acid groups (broad SMARTS) is 1. The van der Waals surface area contributed by atoms with E-state index in [4.69, 9.17) is 0 Å². The molecule has 124 valence electrons. The topological polar surface area (TPSA) is 125 Å². The number of piperazine rings is 1. The second kappa shape index (κ2) is 7.65. The molecule has 1 fully saturated rings. The van der Waals surface area contributed by atoms with E-state index in [2.05, 4.69) is 10.6 Å². The Hall–Kier alpha value is -2.52. The first kappa shape index (κ1) is 16.8. The summed E-state index contributed by atoms with van der Waals surface area (Å²) in [6.07, 6.45) is -0.210. The van der Waals surface area contributed by atoms with Crippen LogP contribution in [0, 0.1) is 10.1 Å². The number of rotatable bonds is 6. The number of nitro groups is 1. The third kappa shape index (κ3) is 4.73. The molecule has 0 unspecified atom stereocenters. The van der Waals surface area contributed by atoms with Crippen molar-refractivity contribution in [1.29, 1.82) is 0 Å². The van der Waals surface area contributed by atoms with Crippen LogP contribution in [-0.4, -0.2) is 59.0 Å². The number of hydrogen-bond donors (Lipinski definition) is 3. The molecule has 2 rings (SSSR count). The minimum atomic E-state index is -1.05. The summed E-state index contributed by atoms with van der Waals surface area (Å²) in [5.41, 5.74) is 0.133. The number of hydrogen-bond acceptors (Lipinski definition) is 6. The number of nitrogens with one attached hydrogen (secondary N) is 2. The van der Waals surface area contributed by atoms with Gasteiger partial charge in [0.15, 0.2) is 0 Å². The Morgan fingerprint density at radius 2 is 2.09 bits per heavy atom. The van der Waals surface area contributed by atoms with Crippen molar-refractivity contribution in [2.75, 3.05) is 31.5 Å². The Bertz CT molecular complexity index is 601. The first-order chi connectivity index (χ1) is 11.0. The van der Waals surface area contributed by atoms with E-state index in [0.29, 0.717) is 26.2 Å². The zero-order chi connectivity index (χ0) is 16.8. The van der Waals surface area contributed by atoms with Gasteiger partial charge >= 0.3 is 5.97 Å². The van der Waals surface area contributed by atoms with Gasteiger partial charge in [-0.05, 0) is 6.07 Å². The van der Waals surface area contributed by atoms with Crippen molar-refractivity contribution in [2.24, 2.45) is 0 Å². The number of carbonyl (C=O) groups is 2. The van der Waals surface area contributed by atoms with Gasteiger partial charge in [-0.15, -0.1) is 0 Å². The van der Waals surface area contributed by atoms with Crippen molar-refractivity contribution < 1.29 is 19.6 Å². The Morgan fingerprint density at radius 1 is 1.39 bits per heavy atom. The summed E-state index contributed by atoms with van der Waals surface area (Å²) in [6.45, 7) is 2.47. The maximum absolute atomic E-state index is 12.1. The lowest BCUT2D eigenvalue weighted by Gasteiger charge is -2.32. The molecule has 0 aliphatic carbocycles. The van der Waals surface area contributed by atoms with E-state index in [0.717, 1.165) is 0 Å². The van der Waals surface area contributed by atoms with Crippen LogP contribution in [-0.2, 0) is 9.59 Å². The number of anilines is 1. The lowest BCUT2D eigenvalue weighted by atomic mass is 10.1. The summed E-state index contributed by atoms with van der Waals surface area (Å²) in [6, 6.07) is 4.62. The molecule has 1 aliphatic heterocycles.